The minimum Gasteiger partial charge on any atom is -0.475 e. The van der Waals surface area contributed by atoms with Crippen LogP contribution in [0.3, 0.4) is 0 Å². The molecule has 1 saturated heterocycles. The van der Waals surface area contributed by atoms with Gasteiger partial charge in [0.15, 0.2) is 15.6 Å². The van der Waals surface area contributed by atoms with Crippen molar-refractivity contribution >= 4 is 21.6 Å². The van der Waals surface area contributed by atoms with Gasteiger partial charge >= 0.3 is 5.97 Å². The van der Waals surface area contributed by atoms with E-state index in [0.29, 0.717) is 12.8 Å². The van der Waals surface area contributed by atoms with Gasteiger partial charge in [0.2, 0.25) is 11.5 Å². The van der Waals surface area contributed by atoms with Crippen molar-refractivity contribution in [2.45, 2.75) is 24.5 Å². The zero-order chi connectivity index (χ0) is 13.3. The minimum atomic E-state index is -3.44. The predicted octanol–water partition coefficient (Wildman–Crippen LogP) is 1.13. The van der Waals surface area contributed by atoms with Crippen LogP contribution in [0, 0.1) is 0 Å². The molecule has 0 bridgehead atoms. The molecule has 0 aromatic carbocycles. The second-order valence-corrected chi connectivity index (χ2v) is 6.49. The Morgan fingerprint density at radius 3 is 2.44 bits per heavy atom. The van der Waals surface area contributed by atoms with Gasteiger partial charge in [-0.05, 0) is 25.0 Å². The van der Waals surface area contributed by atoms with E-state index in [1.807, 2.05) is 0 Å². The third kappa shape index (κ3) is 2.31. The number of hydrogen-bond acceptors (Lipinski definition) is 5. The van der Waals surface area contributed by atoms with Crippen LogP contribution in [0.5, 0.6) is 0 Å². The molecule has 1 aromatic rings. The molecule has 18 heavy (non-hydrogen) atoms. The van der Waals surface area contributed by atoms with Gasteiger partial charge < -0.3 is 9.52 Å². The predicted molar refractivity (Wildman–Crippen MR) is 61.4 cm³/mol. The molecule has 0 saturated carbocycles. The number of sulfone groups is 1. The SMILES string of the molecule is O=C(O)c1ccc(C(=O)C2CCCCS2(=O)=O)o1. The topological polar surface area (TPSA) is 102 Å². The molecule has 0 aliphatic carbocycles. The number of hydrogen-bond donors (Lipinski definition) is 1. The van der Waals surface area contributed by atoms with E-state index in [1.165, 1.54) is 6.07 Å². The van der Waals surface area contributed by atoms with E-state index in [-0.39, 0.29) is 23.7 Å². The van der Waals surface area contributed by atoms with Crippen LogP contribution in [0.4, 0.5) is 0 Å². The summed E-state index contributed by atoms with van der Waals surface area (Å²) in [6, 6.07) is 2.35. The van der Waals surface area contributed by atoms with Gasteiger partial charge in [0.05, 0.1) is 5.75 Å². The monoisotopic (exact) mass is 272 g/mol. The standard InChI is InChI=1S/C11H12O6S/c12-10(7-4-5-8(17-7)11(13)14)9-3-1-2-6-18(9,15)16/h4-5,9H,1-3,6H2,(H,13,14). The molecule has 0 spiro atoms. The zero-order valence-corrected chi connectivity index (χ0v) is 10.3. The maximum Gasteiger partial charge on any atom is 0.371 e. The number of carboxylic acids is 1. The molecular formula is C11H12O6S. The number of rotatable bonds is 3. The van der Waals surface area contributed by atoms with Gasteiger partial charge in [0.1, 0.15) is 5.25 Å². The normalized spacial score (nSPS) is 22.6. The van der Waals surface area contributed by atoms with E-state index >= 15 is 0 Å². The highest BCUT2D eigenvalue weighted by Crippen LogP contribution is 2.24. The highest BCUT2D eigenvalue weighted by Gasteiger charge is 2.36. The number of carbonyl (C=O) groups is 2. The van der Waals surface area contributed by atoms with Crippen molar-refractivity contribution in [1.29, 1.82) is 0 Å². The fourth-order valence-electron chi connectivity index (χ4n) is 1.99. The van der Waals surface area contributed by atoms with Gasteiger partial charge in [-0.3, -0.25) is 4.79 Å². The quantitative estimate of drug-likeness (QED) is 0.827. The first-order valence-corrected chi connectivity index (χ1v) is 7.22. The third-order valence-electron chi connectivity index (χ3n) is 2.93. The zero-order valence-electron chi connectivity index (χ0n) is 9.46. The summed E-state index contributed by atoms with van der Waals surface area (Å²) in [5.74, 6) is -2.52. The van der Waals surface area contributed by atoms with E-state index in [1.54, 1.807) is 0 Å². The summed E-state index contributed by atoms with van der Waals surface area (Å²) < 4.78 is 28.4. The van der Waals surface area contributed by atoms with Crippen LogP contribution in [-0.4, -0.2) is 36.3 Å². The molecule has 1 N–H and O–H groups in total. The van der Waals surface area contributed by atoms with E-state index in [9.17, 15) is 18.0 Å². The molecule has 2 heterocycles. The molecule has 6 nitrogen and oxygen atoms in total. The highest BCUT2D eigenvalue weighted by molar-refractivity contribution is 7.92. The highest BCUT2D eigenvalue weighted by atomic mass is 32.2. The summed E-state index contributed by atoms with van der Waals surface area (Å²) in [5, 5.41) is 7.57. The smallest absolute Gasteiger partial charge is 0.371 e. The Bertz CT molecular complexity index is 582. The molecule has 1 unspecified atom stereocenters. The van der Waals surface area contributed by atoms with Crippen LogP contribution in [0.1, 0.15) is 40.4 Å². The molecule has 0 radical (unpaired) electrons. The lowest BCUT2D eigenvalue weighted by Crippen LogP contribution is -2.35. The first-order valence-electron chi connectivity index (χ1n) is 5.51. The number of carboxylic acid groups (broad SMARTS) is 1. The molecule has 1 fully saturated rings. The Kier molecular flexibility index (Phi) is 3.25. The maximum absolute atomic E-state index is 12.0. The van der Waals surface area contributed by atoms with Gasteiger partial charge in [0.25, 0.3) is 0 Å². The van der Waals surface area contributed by atoms with Crippen LogP contribution in [0.25, 0.3) is 0 Å². The molecule has 1 aliphatic rings. The largest absolute Gasteiger partial charge is 0.475 e. The summed E-state index contributed by atoms with van der Waals surface area (Å²) in [6.07, 6.45) is 1.50. The fraction of sp³-hybridized carbons (Fsp3) is 0.455. The Labute approximate surface area is 104 Å². The Hall–Kier alpha value is -1.63. The Morgan fingerprint density at radius 2 is 1.89 bits per heavy atom. The number of ketones is 1. The van der Waals surface area contributed by atoms with E-state index in [4.69, 9.17) is 9.52 Å². The van der Waals surface area contributed by atoms with Gasteiger partial charge in [-0.2, -0.15) is 0 Å². The third-order valence-corrected chi connectivity index (χ3v) is 5.11. The van der Waals surface area contributed by atoms with Crippen LogP contribution in [0.15, 0.2) is 16.5 Å². The van der Waals surface area contributed by atoms with Crippen molar-refractivity contribution in [1.82, 2.24) is 0 Å². The molecule has 0 amide bonds. The number of Topliss-reactive ketones (excluding diaryl/α,β-unsaturated/α-hetero) is 1. The maximum atomic E-state index is 12.0. The fourth-order valence-corrected chi connectivity index (χ4v) is 3.85. The van der Waals surface area contributed by atoms with Crippen LogP contribution in [0.2, 0.25) is 0 Å². The lowest BCUT2D eigenvalue weighted by molar-refractivity contribution is 0.0660. The van der Waals surface area contributed by atoms with Crippen molar-refractivity contribution in [2.75, 3.05) is 5.75 Å². The van der Waals surface area contributed by atoms with Crippen LogP contribution >= 0.6 is 0 Å². The summed E-state index contributed by atoms with van der Waals surface area (Å²) in [5.41, 5.74) is 0. The molecule has 98 valence electrons. The van der Waals surface area contributed by atoms with E-state index < -0.39 is 26.8 Å². The summed E-state index contributed by atoms with van der Waals surface area (Å²) in [4.78, 5) is 22.6. The minimum absolute atomic E-state index is 0.00406. The lowest BCUT2D eigenvalue weighted by Gasteiger charge is -2.19. The second-order valence-electron chi connectivity index (χ2n) is 4.18. The van der Waals surface area contributed by atoms with Gasteiger partial charge in [0, 0.05) is 0 Å². The lowest BCUT2D eigenvalue weighted by atomic mass is 10.1. The average Bonchev–Trinajstić information content (AvgIpc) is 2.77. The summed E-state index contributed by atoms with van der Waals surface area (Å²) in [7, 11) is -3.44. The van der Waals surface area contributed by atoms with Gasteiger partial charge in [-0.15, -0.1) is 0 Å². The van der Waals surface area contributed by atoms with Gasteiger partial charge in [-0.1, -0.05) is 6.42 Å². The van der Waals surface area contributed by atoms with Crippen molar-refractivity contribution in [3.63, 3.8) is 0 Å². The van der Waals surface area contributed by atoms with Crippen LogP contribution in [-0.2, 0) is 9.84 Å². The van der Waals surface area contributed by atoms with Gasteiger partial charge in [-0.25, -0.2) is 13.2 Å². The van der Waals surface area contributed by atoms with Crippen molar-refractivity contribution < 1.29 is 27.5 Å². The van der Waals surface area contributed by atoms with Crippen LogP contribution < -0.4 is 0 Å². The Morgan fingerprint density at radius 1 is 1.22 bits per heavy atom. The second kappa shape index (κ2) is 4.56. The molecule has 7 heteroatoms. The van der Waals surface area contributed by atoms with Crippen molar-refractivity contribution in [3.8, 4) is 0 Å². The first-order chi connectivity index (χ1) is 8.42. The molecule has 1 atom stereocenters. The van der Waals surface area contributed by atoms with E-state index in [0.717, 1.165) is 6.07 Å². The molecule has 1 aliphatic heterocycles. The number of furan rings is 1. The average molecular weight is 272 g/mol. The Balaban J connectivity index is 2.27. The molecule has 2 rings (SSSR count). The molecule has 1 aromatic heterocycles. The summed E-state index contributed by atoms with van der Waals surface area (Å²) >= 11 is 0. The number of aromatic carboxylic acids is 1. The van der Waals surface area contributed by atoms with Crippen molar-refractivity contribution in [3.05, 3.63) is 23.7 Å². The first kappa shape index (κ1) is 12.8. The molecular weight excluding hydrogens is 260 g/mol. The number of carbonyl (C=O) groups excluding carboxylic acids is 1. The van der Waals surface area contributed by atoms with Crippen molar-refractivity contribution in [2.24, 2.45) is 0 Å². The van der Waals surface area contributed by atoms with E-state index in [2.05, 4.69) is 0 Å². The summed E-state index contributed by atoms with van der Waals surface area (Å²) in [6.45, 7) is 0.